The molecular weight excluding hydrogens is 424 g/mol. The van der Waals surface area contributed by atoms with Crippen molar-refractivity contribution < 1.29 is 9.47 Å². The van der Waals surface area contributed by atoms with Crippen molar-refractivity contribution in [1.29, 1.82) is 0 Å². The molecule has 0 unspecified atom stereocenters. The van der Waals surface area contributed by atoms with Gasteiger partial charge in [-0.3, -0.25) is 4.90 Å². The summed E-state index contributed by atoms with van der Waals surface area (Å²) in [6, 6.07) is 19.7. The van der Waals surface area contributed by atoms with E-state index in [0.29, 0.717) is 6.04 Å². The molecule has 176 valence electrons. The Hall–Kier alpha value is -3.38. The van der Waals surface area contributed by atoms with Crippen LogP contribution >= 0.6 is 0 Å². The Morgan fingerprint density at radius 2 is 1.74 bits per heavy atom. The number of anilines is 1. The Labute approximate surface area is 200 Å². The number of piperidine rings is 1. The van der Waals surface area contributed by atoms with Crippen molar-refractivity contribution in [3.05, 3.63) is 65.9 Å². The summed E-state index contributed by atoms with van der Waals surface area (Å²) in [5, 5.41) is 17.4. The average molecular weight is 457 g/mol. The molecule has 4 aromatic rings. The molecule has 0 spiro atoms. The Balaban J connectivity index is 1.30. The van der Waals surface area contributed by atoms with Gasteiger partial charge in [0.1, 0.15) is 11.5 Å². The van der Waals surface area contributed by atoms with Gasteiger partial charge in [-0.1, -0.05) is 43.3 Å². The van der Waals surface area contributed by atoms with Crippen molar-refractivity contribution in [2.45, 2.75) is 38.8 Å². The summed E-state index contributed by atoms with van der Waals surface area (Å²) in [6.07, 6.45) is 2.92. The van der Waals surface area contributed by atoms with E-state index in [1.165, 1.54) is 16.3 Å². The predicted octanol–water partition coefficient (Wildman–Crippen LogP) is 5.44. The Morgan fingerprint density at radius 3 is 2.47 bits per heavy atom. The third-order valence-corrected chi connectivity index (χ3v) is 6.83. The summed E-state index contributed by atoms with van der Waals surface area (Å²) in [5.74, 6) is 2.33. The summed E-state index contributed by atoms with van der Waals surface area (Å²) < 4.78 is 11.2. The lowest BCUT2D eigenvalue weighted by Crippen LogP contribution is -2.38. The molecule has 0 amide bonds. The first-order valence-electron chi connectivity index (χ1n) is 12.1. The molecule has 2 heterocycles. The fraction of sp³-hybridized carbons (Fsp3) is 0.357. The van der Waals surface area contributed by atoms with Crippen LogP contribution in [-0.4, -0.2) is 48.4 Å². The fourth-order valence-corrected chi connectivity index (χ4v) is 4.95. The van der Waals surface area contributed by atoms with Gasteiger partial charge in [-0.15, -0.1) is 5.10 Å². The van der Waals surface area contributed by atoms with Gasteiger partial charge in [0.05, 0.1) is 25.3 Å². The molecule has 6 heteroatoms. The number of ether oxygens (including phenoxy) is 2. The molecule has 1 N–H and O–H groups in total. The average Bonchev–Trinajstić information content (AvgIpc) is 2.89. The van der Waals surface area contributed by atoms with Crippen molar-refractivity contribution in [3.63, 3.8) is 0 Å². The zero-order valence-electron chi connectivity index (χ0n) is 20.2. The molecule has 5 rings (SSSR count). The zero-order valence-corrected chi connectivity index (χ0v) is 20.2. The van der Waals surface area contributed by atoms with Gasteiger partial charge in [-0.05, 0) is 47.7 Å². The quantitative estimate of drug-likeness (QED) is 0.400. The SMILES string of the molecule is CCc1nnc(NC2CCN(Cc3ccc4ccccc4c3)CC2)c2cc(OC)cc(OC)c12. The van der Waals surface area contributed by atoms with Crippen molar-refractivity contribution >= 4 is 27.4 Å². The number of rotatable bonds is 7. The van der Waals surface area contributed by atoms with E-state index in [1.807, 2.05) is 12.1 Å². The predicted molar refractivity (Wildman–Crippen MR) is 138 cm³/mol. The van der Waals surface area contributed by atoms with Crippen LogP contribution in [0.2, 0.25) is 0 Å². The van der Waals surface area contributed by atoms with E-state index in [4.69, 9.17) is 9.47 Å². The Morgan fingerprint density at radius 1 is 0.941 bits per heavy atom. The largest absolute Gasteiger partial charge is 0.497 e. The van der Waals surface area contributed by atoms with Crippen LogP contribution in [0.15, 0.2) is 54.6 Å². The van der Waals surface area contributed by atoms with E-state index in [-0.39, 0.29) is 0 Å². The minimum atomic E-state index is 0.357. The minimum Gasteiger partial charge on any atom is -0.497 e. The second kappa shape index (κ2) is 9.85. The van der Waals surface area contributed by atoms with Gasteiger partial charge in [-0.25, -0.2) is 0 Å². The van der Waals surface area contributed by atoms with Crippen LogP contribution in [-0.2, 0) is 13.0 Å². The molecule has 3 aromatic carbocycles. The van der Waals surface area contributed by atoms with Crippen molar-refractivity contribution in [2.24, 2.45) is 0 Å². The monoisotopic (exact) mass is 456 g/mol. The van der Waals surface area contributed by atoms with Crippen LogP contribution in [0.3, 0.4) is 0 Å². The minimum absolute atomic E-state index is 0.357. The number of nitrogens with zero attached hydrogens (tertiary/aromatic N) is 3. The molecule has 34 heavy (non-hydrogen) atoms. The lowest BCUT2D eigenvalue weighted by Gasteiger charge is -2.32. The first kappa shape index (κ1) is 22.4. The number of aromatic nitrogens is 2. The molecule has 1 fully saturated rings. The highest BCUT2D eigenvalue weighted by molar-refractivity contribution is 5.98. The topological polar surface area (TPSA) is 59.5 Å². The highest BCUT2D eigenvalue weighted by Crippen LogP contribution is 2.36. The first-order chi connectivity index (χ1) is 16.7. The second-order valence-corrected chi connectivity index (χ2v) is 8.98. The van der Waals surface area contributed by atoms with Crippen molar-refractivity contribution in [2.75, 3.05) is 32.6 Å². The van der Waals surface area contributed by atoms with E-state index < -0.39 is 0 Å². The number of nitrogens with one attached hydrogen (secondary N) is 1. The Bertz CT molecular complexity index is 1300. The molecular formula is C28H32N4O2. The number of fused-ring (bicyclic) bond motifs is 2. The zero-order chi connectivity index (χ0) is 23.5. The third kappa shape index (κ3) is 4.50. The summed E-state index contributed by atoms with van der Waals surface area (Å²) in [6.45, 7) is 5.18. The van der Waals surface area contributed by atoms with E-state index in [0.717, 1.165) is 72.7 Å². The smallest absolute Gasteiger partial charge is 0.157 e. The molecule has 1 saturated heterocycles. The standard InChI is InChI=1S/C28H32N4O2/c1-4-25-27-24(16-23(33-2)17-26(27)34-3)28(31-30-25)29-22-11-13-32(14-12-22)18-19-9-10-20-7-5-6-8-21(20)15-19/h5-10,15-17,22H,4,11-14,18H2,1-3H3,(H,29,31). The van der Waals surface area contributed by atoms with Gasteiger partial charge in [0.25, 0.3) is 0 Å². The lowest BCUT2D eigenvalue weighted by molar-refractivity contribution is 0.211. The third-order valence-electron chi connectivity index (χ3n) is 6.83. The number of methoxy groups -OCH3 is 2. The van der Waals surface area contributed by atoms with Crippen LogP contribution in [0.4, 0.5) is 5.82 Å². The molecule has 6 nitrogen and oxygen atoms in total. The summed E-state index contributed by atoms with van der Waals surface area (Å²) >= 11 is 0. The second-order valence-electron chi connectivity index (χ2n) is 8.98. The lowest BCUT2D eigenvalue weighted by atomic mass is 10.0. The highest BCUT2D eigenvalue weighted by atomic mass is 16.5. The van der Waals surface area contributed by atoms with Gasteiger partial charge in [-0.2, -0.15) is 5.10 Å². The maximum atomic E-state index is 5.67. The molecule has 1 aliphatic heterocycles. The summed E-state index contributed by atoms with van der Waals surface area (Å²) in [5.41, 5.74) is 2.31. The van der Waals surface area contributed by atoms with Crippen LogP contribution in [0.1, 0.15) is 31.0 Å². The number of likely N-dealkylation sites (tertiary alicyclic amines) is 1. The van der Waals surface area contributed by atoms with Crippen LogP contribution < -0.4 is 14.8 Å². The van der Waals surface area contributed by atoms with Gasteiger partial charge in [0.15, 0.2) is 5.82 Å². The molecule has 0 aliphatic carbocycles. The Kier molecular flexibility index (Phi) is 6.50. The van der Waals surface area contributed by atoms with Gasteiger partial charge in [0, 0.05) is 37.1 Å². The normalized spacial score (nSPS) is 15.0. The molecule has 0 bridgehead atoms. The number of benzene rings is 3. The number of hydrogen-bond donors (Lipinski definition) is 1. The van der Waals surface area contributed by atoms with Gasteiger partial charge < -0.3 is 14.8 Å². The molecule has 0 saturated carbocycles. The van der Waals surface area contributed by atoms with Gasteiger partial charge >= 0.3 is 0 Å². The van der Waals surface area contributed by atoms with Crippen LogP contribution in [0.25, 0.3) is 21.5 Å². The van der Waals surface area contributed by atoms with E-state index in [9.17, 15) is 0 Å². The van der Waals surface area contributed by atoms with E-state index in [1.54, 1.807) is 14.2 Å². The highest BCUT2D eigenvalue weighted by Gasteiger charge is 2.22. The van der Waals surface area contributed by atoms with Crippen LogP contribution in [0, 0.1) is 0 Å². The first-order valence-corrected chi connectivity index (χ1v) is 12.1. The van der Waals surface area contributed by atoms with Crippen molar-refractivity contribution in [1.82, 2.24) is 15.1 Å². The molecule has 1 aromatic heterocycles. The van der Waals surface area contributed by atoms with Crippen LogP contribution in [0.5, 0.6) is 11.5 Å². The van der Waals surface area contributed by atoms with E-state index >= 15 is 0 Å². The summed E-state index contributed by atoms with van der Waals surface area (Å²) in [7, 11) is 3.36. The summed E-state index contributed by atoms with van der Waals surface area (Å²) in [4.78, 5) is 2.54. The van der Waals surface area contributed by atoms with Crippen molar-refractivity contribution in [3.8, 4) is 11.5 Å². The molecule has 0 atom stereocenters. The number of hydrogen-bond acceptors (Lipinski definition) is 6. The van der Waals surface area contributed by atoms with Gasteiger partial charge in [0.2, 0.25) is 0 Å². The molecule has 0 radical (unpaired) electrons. The maximum Gasteiger partial charge on any atom is 0.157 e. The number of aryl methyl sites for hydroxylation is 1. The fourth-order valence-electron chi connectivity index (χ4n) is 4.95. The molecule has 1 aliphatic rings. The maximum absolute atomic E-state index is 5.67. The van der Waals surface area contributed by atoms with E-state index in [2.05, 4.69) is 69.8 Å².